The molecule has 0 unspecified atom stereocenters. The summed E-state index contributed by atoms with van der Waals surface area (Å²) in [6.07, 6.45) is 0. The number of nitrogens with zero attached hydrogens (tertiary/aromatic N) is 1. The van der Waals surface area contributed by atoms with Crippen LogP contribution in [0.15, 0.2) is 30.3 Å². The number of carbonyl (C=O) groups is 1. The van der Waals surface area contributed by atoms with Gasteiger partial charge in [0.1, 0.15) is 6.61 Å². The minimum absolute atomic E-state index is 0. The lowest BCUT2D eigenvalue weighted by Crippen LogP contribution is -2.36. The maximum atomic E-state index is 12.0. The summed E-state index contributed by atoms with van der Waals surface area (Å²) in [7, 11) is 0. The van der Waals surface area contributed by atoms with Gasteiger partial charge in [0.2, 0.25) is 0 Å². The molecule has 26 heavy (non-hydrogen) atoms. The van der Waals surface area contributed by atoms with Crippen LogP contribution < -0.4 is 11.5 Å². The first-order valence-electron chi connectivity index (χ1n) is 8.23. The van der Waals surface area contributed by atoms with Crippen LogP contribution in [0.4, 0.5) is 0 Å². The molecule has 0 aromatic heterocycles. The average Bonchev–Trinajstić information content (AvgIpc) is 2.61. The fraction of sp³-hybridized carbons (Fsp3) is 0.588. The number of hydrogen-bond acceptors (Lipinski definition) is 7. The molecule has 1 aromatic carbocycles. The summed E-state index contributed by atoms with van der Waals surface area (Å²) in [5.74, 6) is -0.267. The molecule has 0 radical (unpaired) electrons. The smallest absolute Gasteiger partial charge is 0.320 e. The SMILES string of the molecule is Cl.Cl.NCCOCCN(CCOCCN)CC(=O)OCc1ccccc1. The first-order chi connectivity index (χ1) is 11.8. The third-order valence-corrected chi connectivity index (χ3v) is 3.22. The van der Waals surface area contributed by atoms with E-state index in [2.05, 4.69) is 0 Å². The Balaban J connectivity index is 0. The fourth-order valence-corrected chi connectivity index (χ4v) is 1.99. The summed E-state index contributed by atoms with van der Waals surface area (Å²) >= 11 is 0. The minimum atomic E-state index is -0.267. The van der Waals surface area contributed by atoms with Crippen molar-refractivity contribution in [3.8, 4) is 0 Å². The molecule has 0 fully saturated rings. The second-order valence-corrected chi connectivity index (χ2v) is 5.22. The molecule has 9 heteroatoms. The van der Waals surface area contributed by atoms with Crippen molar-refractivity contribution in [1.82, 2.24) is 4.90 Å². The molecule has 0 aliphatic rings. The van der Waals surface area contributed by atoms with E-state index in [1.807, 2.05) is 35.2 Å². The molecule has 0 saturated carbocycles. The number of hydrogen-bond donors (Lipinski definition) is 2. The van der Waals surface area contributed by atoms with Gasteiger partial charge in [0.05, 0.1) is 33.0 Å². The van der Waals surface area contributed by atoms with E-state index in [0.29, 0.717) is 52.6 Å². The lowest BCUT2D eigenvalue weighted by atomic mass is 10.2. The molecule has 0 spiro atoms. The van der Waals surface area contributed by atoms with Crippen molar-refractivity contribution in [2.45, 2.75) is 6.61 Å². The normalized spacial score (nSPS) is 10.1. The number of nitrogens with two attached hydrogens (primary N) is 2. The molecular weight excluding hydrogens is 381 g/mol. The van der Waals surface area contributed by atoms with E-state index in [-0.39, 0.29) is 43.9 Å². The topological polar surface area (TPSA) is 100 Å². The molecule has 0 amide bonds. The van der Waals surface area contributed by atoms with Gasteiger partial charge in [-0.05, 0) is 5.56 Å². The van der Waals surface area contributed by atoms with Gasteiger partial charge in [-0.25, -0.2) is 0 Å². The molecule has 152 valence electrons. The molecule has 0 bridgehead atoms. The van der Waals surface area contributed by atoms with Gasteiger partial charge in [-0.15, -0.1) is 24.8 Å². The van der Waals surface area contributed by atoms with Crippen LogP contribution in [0.25, 0.3) is 0 Å². The van der Waals surface area contributed by atoms with Crippen LogP contribution in [0.2, 0.25) is 0 Å². The number of benzene rings is 1. The maximum absolute atomic E-state index is 12.0. The van der Waals surface area contributed by atoms with E-state index in [1.165, 1.54) is 0 Å². The van der Waals surface area contributed by atoms with Gasteiger partial charge in [0, 0.05) is 26.2 Å². The lowest BCUT2D eigenvalue weighted by Gasteiger charge is -2.21. The molecule has 1 rings (SSSR count). The fourth-order valence-electron chi connectivity index (χ4n) is 1.99. The van der Waals surface area contributed by atoms with Crippen LogP contribution >= 0.6 is 24.8 Å². The monoisotopic (exact) mass is 411 g/mol. The van der Waals surface area contributed by atoms with Crippen molar-refractivity contribution in [2.75, 3.05) is 59.2 Å². The van der Waals surface area contributed by atoms with Crippen molar-refractivity contribution >= 4 is 30.8 Å². The summed E-state index contributed by atoms with van der Waals surface area (Å²) < 4.78 is 16.1. The van der Waals surface area contributed by atoms with Gasteiger partial charge in [-0.2, -0.15) is 0 Å². The molecule has 0 atom stereocenters. The Hall–Kier alpha value is -0.930. The van der Waals surface area contributed by atoms with Crippen molar-refractivity contribution in [3.63, 3.8) is 0 Å². The Bertz CT molecular complexity index is 429. The van der Waals surface area contributed by atoms with Crippen LogP contribution in [0.1, 0.15) is 5.56 Å². The van der Waals surface area contributed by atoms with Gasteiger partial charge in [-0.3, -0.25) is 9.69 Å². The third-order valence-electron chi connectivity index (χ3n) is 3.22. The van der Waals surface area contributed by atoms with Gasteiger partial charge in [0.15, 0.2) is 0 Å². The van der Waals surface area contributed by atoms with Crippen molar-refractivity contribution < 1.29 is 19.0 Å². The van der Waals surface area contributed by atoms with Crippen LogP contribution in [-0.4, -0.2) is 70.0 Å². The van der Waals surface area contributed by atoms with E-state index >= 15 is 0 Å². The zero-order valence-electron chi connectivity index (χ0n) is 15.0. The second-order valence-electron chi connectivity index (χ2n) is 5.22. The Kier molecular flexibility index (Phi) is 19.8. The number of halogens is 2. The highest BCUT2D eigenvalue weighted by molar-refractivity contribution is 5.85. The Morgan fingerprint density at radius 1 is 0.885 bits per heavy atom. The van der Waals surface area contributed by atoms with E-state index in [0.717, 1.165) is 5.56 Å². The summed E-state index contributed by atoms with van der Waals surface area (Å²) in [5.41, 5.74) is 11.7. The van der Waals surface area contributed by atoms with Gasteiger partial charge in [-0.1, -0.05) is 30.3 Å². The summed E-state index contributed by atoms with van der Waals surface area (Å²) in [6, 6.07) is 9.60. The number of carbonyl (C=O) groups excluding carboxylic acids is 1. The van der Waals surface area contributed by atoms with E-state index in [4.69, 9.17) is 25.7 Å². The summed E-state index contributed by atoms with van der Waals surface area (Å²) in [5, 5.41) is 0. The first kappa shape index (κ1) is 27.3. The molecule has 1 aromatic rings. The van der Waals surface area contributed by atoms with Crippen LogP contribution in [0.3, 0.4) is 0 Å². The Morgan fingerprint density at radius 2 is 1.42 bits per heavy atom. The molecule has 4 N–H and O–H groups in total. The molecule has 0 aliphatic carbocycles. The van der Waals surface area contributed by atoms with Crippen LogP contribution in [0.5, 0.6) is 0 Å². The van der Waals surface area contributed by atoms with Crippen molar-refractivity contribution in [2.24, 2.45) is 11.5 Å². The highest BCUT2D eigenvalue weighted by Gasteiger charge is 2.12. The van der Waals surface area contributed by atoms with Gasteiger partial charge in [0.25, 0.3) is 0 Å². The zero-order valence-corrected chi connectivity index (χ0v) is 16.6. The largest absolute Gasteiger partial charge is 0.460 e. The zero-order chi connectivity index (χ0) is 17.5. The Morgan fingerprint density at radius 3 is 1.92 bits per heavy atom. The number of ether oxygens (including phenoxy) is 3. The number of esters is 1. The van der Waals surface area contributed by atoms with Gasteiger partial charge < -0.3 is 25.7 Å². The van der Waals surface area contributed by atoms with Crippen molar-refractivity contribution in [1.29, 1.82) is 0 Å². The summed E-state index contributed by atoms with van der Waals surface area (Å²) in [6.45, 7) is 4.73. The van der Waals surface area contributed by atoms with Crippen LogP contribution in [-0.2, 0) is 25.6 Å². The lowest BCUT2D eigenvalue weighted by molar-refractivity contribution is -0.146. The van der Waals surface area contributed by atoms with E-state index in [1.54, 1.807) is 0 Å². The molecule has 0 aliphatic heterocycles. The molecule has 0 heterocycles. The van der Waals surface area contributed by atoms with Gasteiger partial charge >= 0.3 is 5.97 Å². The Labute approximate surface area is 168 Å². The van der Waals surface area contributed by atoms with Crippen molar-refractivity contribution in [3.05, 3.63) is 35.9 Å². The quantitative estimate of drug-likeness (QED) is 0.345. The summed E-state index contributed by atoms with van der Waals surface area (Å²) in [4.78, 5) is 14.0. The van der Waals surface area contributed by atoms with E-state index < -0.39 is 0 Å². The average molecular weight is 412 g/mol. The predicted molar refractivity (Wildman–Crippen MR) is 107 cm³/mol. The minimum Gasteiger partial charge on any atom is -0.460 e. The highest BCUT2D eigenvalue weighted by Crippen LogP contribution is 2.01. The standard InChI is InChI=1S/C17H29N3O4.2ClH/c18-6-10-22-12-8-20(9-13-23-11-7-19)14-17(21)24-15-16-4-2-1-3-5-16;;/h1-5H,6-15,18-19H2;2*1H. The molecule has 0 saturated heterocycles. The molecule has 7 nitrogen and oxygen atoms in total. The van der Waals surface area contributed by atoms with E-state index in [9.17, 15) is 4.79 Å². The highest BCUT2D eigenvalue weighted by atomic mass is 35.5. The first-order valence-corrected chi connectivity index (χ1v) is 8.23. The van der Waals surface area contributed by atoms with Crippen LogP contribution in [0, 0.1) is 0 Å². The number of rotatable bonds is 14. The second kappa shape index (κ2) is 18.8. The predicted octanol–water partition coefficient (Wildman–Crippen LogP) is 0.826. The maximum Gasteiger partial charge on any atom is 0.320 e. The molecular formula is C17H31Cl2N3O4. The third kappa shape index (κ3) is 14.3.